The van der Waals surface area contributed by atoms with Crippen LogP contribution in [-0.2, 0) is 17.6 Å². The van der Waals surface area contributed by atoms with Crippen molar-refractivity contribution in [1.29, 1.82) is 0 Å². The number of ether oxygens (including phenoxy) is 1. The van der Waals surface area contributed by atoms with Gasteiger partial charge in [0.1, 0.15) is 22.9 Å². The van der Waals surface area contributed by atoms with E-state index in [9.17, 15) is 4.79 Å². The van der Waals surface area contributed by atoms with Crippen molar-refractivity contribution >= 4 is 11.6 Å². The smallest absolute Gasteiger partial charge is 0.180 e. The number of carbonyl (C=O) groups is 1. The second-order valence-corrected chi connectivity index (χ2v) is 11.3. The minimum atomic E-state index is -0.348. The van der Waals surface area contributed by atoms with Gasteiger partial charge in [-0.2, -0.15) is 0 Å². The van der Waals surface area contributed by atoms with Gasteiger partial charge in [0.25, 0.3) is 0 Å². The highest BCUT2D eigenvalue weighted by Crippen LogP contribution is 2.32. The summed E-state index contributed by atoms with van der Waals surface area (Å²) in [6, 6.07) is 3.77. The molecule has 33 heavy (non-hydrogen) atoms. The van der Waals surface area contributed by atoms with E-state index in [1.165, 1.54) is 0 Å². The predicted molar refractivity (Wildman–Crippen MR) is 133 cm³/mol. The summed E-state index contributed by atoms with van der Waals surface area (Å²) in [5.74, 6) is 2.38. The normalized spacial score (nSPS) is 13.8. The molecule has 2 aromatic rings. The summed E-state index contributed by atoms with van der Waals surface area (Å²) < 4.78 is 6.25. The first-order valence-electron chi connectivity index (χ1n) is 11.8. The van der Waals surface area contributed by atoms with Gasteiger partial charge in [-0.25, -0.2) is 9.97 Å². The number of ketones is 1. The maximum atomic E-state index is 12.6. The van der Waals surface area contributed by atoms with Crippen LogP contribution in [0.2, 0.25) is 0 Å². The van der Waals surface area contributed by atoms with Crippen molar-refractivity contribution in [2.75, 3.05) is 39.1 Å². The Morgan fingerprint density at radius 2 is 1.82 bits per heavy atom. The van der Waals surface area contributed by atoms with Crippen LogP contribution in [0.5, 0.6) is 5.75 Å². The molecule has 2 heterocycles. The fraction of sp³-hybridized carbons (Fsp3) is 0.615. The molecule has 0 radical (unpaired) electrons. The Bertz CT molecular complexity index is 995. The molecule has 0 saturated heterocycles. The third-order valence-corrected chi connectivity index (χ3v) is 5.47. The number of likely N-dealkylation sites (N-methyl/N-ethyl adjacent to an activating group) is 2. The monoisotopic (exact) mass is 453 g/mol. The third-order valence-electron chi connectivity index (χ3n) is 5.47. The second-order valence-electron chi connectivity index (χ2n) is 11.3. The Morgan fingerprint density at radius 3 is 2.48 bits per heavy atom. The van der Waals surface area contributed by atoms with Crippen LogP contribution in [0.15, 0.2) is 18.3 Å². The zero-order valence-electron chi connectivity index (χ0n) is 21.5. The molecule has 3 rings (SSSR count). The maximum Gasteiger partial charge on any atom is 0.180 e. The van der Waals surface area contributed by atoms with Crippen LogP contribution < -0.4 is 9.64 Å². The second kappa shape index (κ2) is 9.75. The summed E-state index contributed by atoms with van der Waals surface area (Å²) in [7, 11) is 6.01. The summed E-state index contributed by atoms with van der Waals surface area (Å²) >= 11 is 0. The molecule has 0 bridgehead atoms. The molecule has 2 aromatic heterocycles. The Morgan fingerprint density at radius 1 is 1.09 bits per heavy atom. The van der Waals surface area contributed by atoms with Gasteiger partial charge in [-0.1, -0.05) is 20.8 Å². The number of nitrogens with zero attached hydrogens (tertiary/aromatic N) is 5. The number of Topliss-reactive ketones (excluding diaryl/α,β-unsaturated/α-hetero) is 1. The molecule has 180 valence electrons. The van der Waals surface area contributed by atoms with Gasteiger partial charge < -0.3 is 14.5 Å². The summed E-state index contributed by atoms with van der Waals surface area (Å²) in [5.41, 5.74) is 2.52. The average molecular weight is 454 g/mol. The van der Waals surface area contributed by atoms with Gasteiger partial charge in [0.2, 0.25) is 0 Å². The van der Waals surface area contributed by atoms with Crippen molar-refractivity contribution in [3.05, 3.63) is 29.6 Å². The number of pyridine rings is 1. The number of fused-ring (bicyclic) bond motifs is 1. The van der Waals surface area contributed by atoms with Crippen LogP contribution in [0.4, 0.5) is 5.82 Å². The summed E-state index contributed by atoms with van der Waals surface area (Å²) in [4.78, 5) is 31.0. The SMILES string of the molecule is CN(C)CC(C)(C)Oc1ccnc(-c2nc3c(c(N(C)CC(=O)CC(C)(C)C)n2)CCC3)c1. The lowest BCUT2D eigenvalue weighted by molar-refractivity contribution is -0.119. The van der Waals surface area contributed by atoms with E-state index in [-0.39, 0.29) is 16.8 Å². The average Bonchev–Trinajstić information content (AvgIpc) is 3.12. The van der Waals surface area contributed by atoms with Crippen molar-refractivity contribution in [2.24, 2.45) is 5.41 Å². The Kier molecular flexibility index (Phi) is 7.42. The lowest BCUT2D eigenvalue weighted by atomic mass is 9.90. The molecule has 1 aliphatic rings. The van der Waals surface area contributed by atoms with Crippen molar-refractivity contribution in [1.82, 2.24) is 19.9 Å². The van der Waals surface area contributed by atoms with Gasteiger partial charge >= 0.3 is 0 Å². The number of hydrogen-bond acceptors (Lipinski definition) is 7. The zero-order valence-corrected chi connectivity index (χ0v) is 21.5. The fourth-order valence-electron chi connectivity index (χ4n) is 4.54. The van der Waals surface area contributed by atoms with E-state index in [0.717, 1.165) is 48.6 Å². The van der Waals surface area contributed by atoms with Crippen molar-refractivity contribution in [3.63, 3.8) is 0 Å². The quantitative estimate of drug-likeness (QED) is 0.564. The lowest BCUT2D eigenvalue weighted by Crippen LogP contribution is -2.39. The molecule has 7 heteroatoms. The molecule has 0 aliphatic heterocycles. The topological polar surface area (TPSA) is 71.5 Å². The number of hydrogen-bond donors (Lipinski definition) is 0. The number of aromatic nitrogens is 3. The number of anilines is 1. The van der Waals surface area contributed by atoms with Crippen LogP contribution in [0.25, 0.3) is 11.5 Å². The molecular formula is C26H39N5O2. The van der Waals surface area contributed by atoms with Crippen LogP contribution in [-0.4, -0.2) is 65.5 Å². The molecule has 0 N–H and O–H groups in total. The molecule has 0 spiro atoms. The molecule has 0 amide bonds. The molecule has 0 fully saturated rings. The minimum absolute atomic E-state index is 0.0264. The lowest BCUT2D eigenvalue weighted by Gasteiger charge is -2.29. The summed E-state index contributed by atoms with van der Waals surface area (Å²) in [6.07, 6.45) is 5.20. The highest BCUT2D eigenvalue weighted by atomic mass is 16.5. The summed E-state index contributed by atoms with van der Waals surface area (Å²) in [6.45, 7) is 11.5. The standard InChI is InChI=1S/C26H39N5O2/c1-25(2,3)15-18(32)16-31(8)24-20-10-9-11-21(20)28-23(29-24)22-14-19(12-13-27-22)33-26(4,5)17-30(6)7/h12-14H,9-11,15-17H2,1-8H3. The van der Waals surface area contributed by atoms with E-state index in [1.807, 2.05) is 38.2 Å². The molecule has 0 atom stereocenters. The first kappa shape index (κ1) is 25.1. The molecule has 0 unspecified atom stereocenters. The Hall–Kier alpha value is -2.54. The van der Waals surface area contributed by atoms with Gasteiger partial charge in [-0.05, 0) is 58.7 Å². The van der Waals surface area contributed by atoms with Gasteiger partial charge in [-0.15, -0.1) is 0 Å². The van der Waals surface area contributed by atoms with E-state index in [2.05, 4.69) is 44.5 Å². The van der Waals surface area contributed by atoms with E-state index >= 15 is 0 Å². The Balaban J connectivity index is 1.89. The van der Waals surface area contributed by atoms with Crippen LogP contribution in [0.1, 0.15) is 58.7 Å². The third kappa shape index (κ3) is 6.97. The number of rotatable bonds is 9. The molecule has 0 saturated carbocycles. The predicted octanol–water partition coefficient (Wildman–Crippen LogP) is 4.19. The fourth-order valence-corrected chi connectivity index (χ4v) is 4.54. The van der Waals surface area contributed by atoms with Gasteiger partial charge in [0.05, 0.1) is 6.54 Å². The molecular weight excluding hydrogens is 414 g/mol. The summed E-state index contributed by atoms with van der Waals surface area (Å²) in [5, 5.41) is 0. The van der Waals surface area contributed by atoms with Crippen molar-refractivity contribution < 1.29 is 9.53 Å². The van der Waals surface area contributed by atoms with Crippen LogP contribution >= 0.6 is 0 Å². The van der Waals surface area contributed by atoms with Crippen LogP contribution in [0, 0.1) is 5.41 Å². The van der Waals surface area contributed by atoms with E-state index in [1.54, 1.807) is 6.20 Å². The number of carbonyl (C=O) groups excluding carboxylic acids is 1. The molecule has 7 nitrogen and oxygen atoms in total. The van der Waals surface area contributed by atoms with Gasteiger partial charge in [0, 0.05) is 43.5 Å². The minimum Gasteiger partial charge on any atom is -0.486 e. The first-order chi connectivity index (χ1) is 15.3. The first-order valence-corrected chi connectivity index (χ1v) is 11.8. The maximum absolute atomic E-state index is 12.6. The van der Waals surface area contributed by atoms with Gasteiger partial charge in [-0.3, -0.25) is 9.78 Å². The van der Waals surface area contributed by atoms with Crippen molar-refractivity contribution in [2.45, 2.75) is 65.9 Å². The largest absolute Gasteiger partial charge is 0.486 e. The van der Waals surface area contributed by atoms with Crippen LogP contribution in [0.3, 0.4) is 0 Å². The van der Waals surface area contributed by atoms with E-state index < -0.39 is 0 Å². The van der Waals surface area contributed by atoms with E-state index in [4.69, 9.17) is 14.7 Å². The molecule has 0 aromatic carbocycles. The number of aryl methyl sites for hydroxylation is 1. The highest BCUT2D eigenvalue weighted by molar-refractivity contribution is 5.84. The van der Waals surface area contributed by atoms with Gasteiger partial charge in [0.15, 0.2) is 11.6 Å². The Labute approximate surface area is 198 Å². The highest BCUT2D eigenvalue weighted by Gasteiger charge is 2.25. The van der Waals surface area contributed by atoms with Crippen molar-refractivity contribution in [3.8, 4) is 17.3 Å². The molecule has 1 aliphatic carbocycles. The zero-order chi connectivity index (χ0) is 24.4. The van der Waals surface area contributed by atoms with E-state index in [0.29, 0.717) is 24.5 Å².